The van der Waals surface area contributed by atoms with E-state index in [4.69, 9.17) is 0 Å². The smallest absolute Gasteiger partial charge is 0.323 e. The van der Waals surface area contributed by atoms with Gasteiger partial charge >= 0.3 is 6.03 Å². The molecule has 0 bridgehead atoms. The number of nitrogens with zero attached hydrogens (tertiary/aromatic N) is 1. The quantitative estimate of drug-likeness (QED) is 0.669. The summed E-state index contributed by atoms with van der Waals surface area (Å²) in [5, 5.41) is 8.64. The van der Waals surface area contributed by atoms with Crippen molar-refractivity contribution in [1.82, 2.24) is 5.32 Å². The Labute approximate surface area is 172 Å². The Bertz CT molecular complexity index is 856. The van der Waals surface area contributed by atoms with Crippen molar-refractivity contribution in [3.05, 3.63) is 53.6 Å². The van der Waals surface area contributed by atoms with Crippen molar-refractivity contribution in [2.24, 2.45) is 5.92 Å². The number of amides is 3. The van der Waals surface area contributed by atoms with E-state index in [1.54, 1.807) is 6.07 Å². The zero-order valence-electron chi connectivity index (χ0n) is 17.4. The number of aryl methyl sites for hydroxylation is 1. The van der Waals surface area contributed by atoms with Gasteiger partial charge in [-0.15, -0.1) is 0 Å². The molecule has 6 nitrogen and oxygen atoms in total. The summed E-state index contributed by atoms with van der Waals surface area (Å²) in [7, 11) is 0. The Morgan fingerprint density at radius 3 is 2.24 bits per heavy atom. The molecule has 154 valence electrons. The van der Waals surface area contributed by atoms with Crippen LogP contribution >= 0.6 is 0 Å². The van der Waals surface area contributed by atoms with Gasteiger partial charge in [0.2, 0.25) is 0 Å². The normalized spacial score (nSPS) is 13.4. The molecule has 3 rings (SSSR count). The van der Waals surface area contributed by atoms with Gasteiger partial charge in [0.15, 0.2) is 0 Å². The van der Waals surface area contributed by atoms with Gasteiger partial charge in [0.25, 0.3) is 5.91 Å². The fourth-order valence-electron chi connectivity index (χ4n) is 3.35. The molecule has 3 N–H and O–H groups in total. The van der Waals surface area contributed by atoms with Crippen LogP contribution in [0.25, 0.3) is 0 Å². The van der Waals surface area contributed by atoms with E-state index in [1.165, 1.54) is 0 Å². The van der Waals surface area contributed by atoms with Crippen molar-refractivity contribution in [3.63, 3.8) is 0 Å². The van der Waals surface area contributed by atoms with E-state index in [2.05, 4.69) is 34.7 Å². The van der Waals surface area contributed by atoms with Crippen molar-refractivity contribution in [2.45, 2.75) is 33.6 Å². The van der Waals surface area contributed by atoms with Crippen LogP contribution in [0.5, 0.6) is 0 Å². The van der Waals surface area contributed by atoms with Crippen molar-refractivity contribution in [3.8, 4) is 0 Å². The summed E-state index contributed by atoms with van der Waals surface area (Å²) in [6, 6.07) is 12.8. The number of anilines is 3. The standard InChI is InChI=1S/C23H30N4O2/c1-16(2)15-24-22(28)20-14-19(10-11-21(20)27-12-4-5-13-27)26-23(29)25-18-8-6-17(3)7-9-18/h6-11,14,16H,4-5,12-13,15H2,1-3H3,(H,24,28)(H2,25,26,29). The predicted octanol–water partition coefficient (Wildman–Crippen LogP) is 4.63. The van der Waals surface area contributed by atoms with Gasteiger partial charge in [0.1, 0.15) is 0 Å². The highest BCUT2D eigenvalue weighted by molar-refractivity contribution is 6.04. The van der Waals surface area contributed by atoms with Crippen LogP contribution in [-0.4, -0.2) is 31.6 Å². The van der Waals surface area contributed by atoms with Gasteiger partial charge in [0, 0.05) is 36.7 Å². The minimum Gasteiger partial charge on any atom is -0.371 e. The molecule has 0 saturated carbocycles. The van der Waals surface area contributed by atoms with Crippen LogP contribution < -0.4 is 20.9 Å². The molecule has 1 fully saturated rings. The maximum absolute atomic E-state index is 12.8. The molecule has 0 atom stereocenters. The zero-order chi connectivity index (χ0) is 20.8. The summed E-state index contributed by atoms with van der Waals surface area (Å²) in [5.74, 6) is 0.263. The number of rotatable bonds is 6. The Kier molecular flexibility index (Phi) is 6.75. The van der Waals surface area contributed by atoms with E-state index >= 15 is 0 Å². The third-order valence-corrected chi connectivity index (χ3v) is 4.93. The third kappa shape index (κ3) is 5.73. The molecule has 0 spiro atoms. The van der Waals surface area contributed by atoms with E-state index in [-0.39, 0.29) is 11.9 Å². The summed E-state index contributed by atoms with van der Waals surface area (Å²) in [5.41, 5.74) is 3.96. The van der Waals surface area contributed by atoms with Crippen molar-refractivity contribution in [2.75, 3.05) is 35.2 Å². The van der Waals surface area contributed by atoms with Gasteiger partial charge in [-0.05, 0) is 56.0 Å². The molecule has 3 amide bonds. The number of carbonyl (C=O) groups excluding carboxylic acids is 2. The van der Waals surface area contributed by atoms with E-state index in [1.807, 2.05) is 43.3 Å². The fraction of sp³-hybridized carbons (Fsp3) is 0.391. The van der Waals surface area contributed by atoms with Crippen molar-refractivity contribution >= 4 is 29.0 Å². The first-order valence-electron chi connectivity index (χ1n) is 10.2. The van der Waals surface area contributed by atoms with Crippen LogP contribution in [0, 0.1) is 12.8 Å². The lowest BCUT2D eigenvalue weighted by atomic mass is 10.1. The van der Waals surface area contributed by atoms with Crippen LogP contribution in [0.3, 0.4) is 0 Å². The Morgan fingerprint density at radius 2 is 1.59 bits per heavy atom. The monoisotopic (exact) mass is 394 g/mol. The van der Waals surface area contributed by atoms with E-state index in [0.717, 1.165) is 42.9 Å². The Morgan fingerprint density at radius 1 is 0.966 bits per heavy atom. The zero-order valence-corrected chi connectivity index (χ0v) is 17.4. The van der Waals surface area contributed by atoms with Crippen LogP contribution in [-0.2, 0) is 0 Å². The molecule has 0 unspecified atom stereocenters. The van der Waals surface area contributed by atoms with E-state index in [9.17, 15) is 9.59 Å². The molecule has 29 heavy (non-hydrogen) atoms. The summed E-state index contributed by atoms with van der Waals surface area (Å²) < 4.78 is 0. The second-order valence-corrected chi connectivity index (χ2v) is 7.98. The third-order valence-electron chi connectivity index (χ3n) is 4.93. The van der Waals surface area contributed by atoms with Crippen LogP contribution in [0.2, 0.25) is 0 Å². The second kappa shape index (κ2) is 9.45. The first-order chi connectivity index (χ1) is 13.9. The van der Waals surface area contributed by atoms with Gasteiger partial charge in [-0.1, -0.05) is 31.5 Å². The number of benzene rings is 2. The molecule has 1 aliphatic rings. The highest BCUT2D eigenvalue weighted by Gasteiger charge is 2.20. The van der Waals surface area contributed by atoms with Crippen LogP contribution in [0.15, 0.2) is 42.5 Å². The molecule has 1 saturated heterocycles. The first-order valence-corrected chi connectivity index (χ1v) is 10.2. The topological polar surface area (TPSA) is 73.5 Å². The predicted molar refractivity (Wildman–Crippen MR) is 119 cm³/mol. The highest BCUT2D eigenvalue weighted by Crippen LogP contribution is 2.27. The summed E-state index contributed by atoms with van der Waals surface area (Å²) >= 11 is 0. The molecule has 0 radical (unpaired) electrons. The van der Waals surface area contributed by atoms with Crippen LogP contribution in [0.4, 0.5) is 21.9 Å². The van der Waals surface area contributed by atoms with Crippen molar-refractivity contribution < 1.29 is 9.59 Å². The van der Waals surface area contributed by atoms with Crippen molar-refractivity contribution in [1.29, 1.82) is 0 Å². The van der Waals surface area contributed by atoms with Gasteiger partial charge in [-0.2, -0.15) is 0 Å². The maximum atomic E-state index is 12.8. The number of hydrogen-bond donors (Lipinski definition) is 3. The maximum Gasteiger partial charge on any atom is 0.323 e. The first kappa shape index (κ1) is 20.7. The Hall–Kier alpha value is -3.02. The molecular weight excluding hydrogens is 364 g/mol. The fourth-order valence-corrected chi connectivity index (χ4v) is 3.35. The molecule has 1 heterocycles. The average Bonchev–Trinajstić information content (AvgIpc) is 3.22. The van der Waals surface area contributed by atoms with Gasteiger partial charge in [-0.3, -0.25) is 4.79 Å². The second-order valence-electron chi connectivity index (χ2n) is 7.98. The number of hydrogen-bond acceptors (Lipinski definition) is 3. The number of carbonyl (C=O) groups is 2. The number of urea groups is 1. The molecule has 0 aromatic heterocycles. The average molecular weight is 395 g/mol. The van der Waals surface area contributed by atoms with E-state index < -0.39 is 0 Å². The highest BCUT2D eigenvalue weighted by atomic mass is 16.2. The van der Waals surface area contributed by atoms with Gasteiger partial charge in [-0.25, -0.2) is 4.79 Å². The minimum atomic E-state index is -0.337. The number of nitrogens with one attached hydrogen (secondary N) is 3. The molecule has 1 aliphatic heterocycles. The van der Waals surface area contributed by atoms with Gasteiger partial charge in [0.05, 0.1) is 5.56 Å². The molecule has 2 aromatic rings. The summed E-state index contributed by atoms with van der Waals surface area (Å²) in [6.07, 6.45) is 2.26. The molecule has 6 heteroatoms. The lowest BCUT2D eigenvalue weighted by Crippen LogP contribution is -2.30. The molecule has 2 aromatic carbocycles. The summed E-state index contributed by atoms with van der Waals surface area (Å²) in [4.78, 5) is 27.4. The largest absolute Gasteiger partial charge is 0.371 e. The molecule has 0 aliphatic carbocycles. The van der Waals surface area contributed by atoms with Gasteiger partial charge < -0.3 is 20.9 Å². The Balaban J connectivity index is 1.76. The minimum absolute atomic E-state index is 0.108. The SMILES string of the molecule is Cc1ccc(NC(=O)Nc2ccc(N3CCCC3)c(C(=O)NCC(C)C)c2)cc1. The lowest BCUT2D eigenvalue weighted by molar-refractivity contribution is 0.0949. The lowest BCUT2D eigenvalue weighted by Gasteiger charge is -2.22. The van der Waals surface area contributed by atoms with E-state index in [0.29, 0.717) is 23.7 Å². The van der Waals surface area contributed by atoms with Crippen LogP contribution in [0.1, 0.15) is 42.6 Å². The molecular formula is C23H30N4O2. The summed E-state index contributed by atoms with van der Waals surface area (Å²) in [6.45, 7) is 8.64.